The monoisotopic (exact) mass is 395 g/mol. The van der Waals surface area contributed by atoms with Crippen molar-refractivity contribution in [2.45, 2.75) is 19.4 Å². The first kappa shape index (κ1) is 18.8. The Morgan fingerprint density at radius 3 is 2.76 bits per heavy atom. The summed E-state index contributed by atoms with van der Waals surface area (Å²) < 4.78 is 11.1. The molecule has 0 aromatic heterocycles. The molecule has 3 amide bonds. The molecule has 2 aliphatic rings. The van der Waals surface area contributed by atoms with Crippen LogP contribution in [0.15, 0.2) is 42.5 Å². The van der Waals surface area contributed by atoms with E-state index in [4.69, 9.17) is 9.47 Å². The van der Waals surface area contributed by atoms with Crippen molar-refractivity contribution in [3.8, 4) is 11.5 Å². The molecule has 0 fully saturated rings. The van der Waals surface area contributed by atoms with Gasteiger partial charge in [-0.2, -0.15) is 0 Å². The maximum atomic E-state index is 12.5. The van der Waals surface area contributed by atoms with E-state index in [2.05, 4.69) is 5.32 Å². The molecule has 0 bridgehead atoms. The lowest BCUT2D eigenvalue weighted by Crippen LogP contribution is -2.45. The quantitative estimate of drug-likeness (QED) is 0.857. The van der Waals surface area contributed by atoms with Crippen molar-refractivity contribution >= 4 is 34.8 Å². The molecule has 1 unspecified atom stereocenters. The highest BCUT2D eigenvalue weighted by Crippen LogP contribution is 2.35. The Morgan fingerprint density at radius 1 is 1.14 bits per heavy atom. The smallest absolute Gasteiger partial charge is 0.267 e. The van der Waals surface area contributed by atoms with E-state index in [-0.39, 0.29) is 37.3 Å². The number of ether oxygens (including phenoxy) is 2. The van der Waals surface area contributed by atoms with Gasteiger partial charge in [0.1, 0.15) is 11.5 Å². The third-order valence-corrected chi connectivity index (χ3v) is 4.97. The Balaban J connectivity index is 1.42. The number of rotatable bonds is 4. The minimum absolute atomic E-state index is 0.0301. The molecular weight excluding hydrogens is 374 g/mol. The van der Waals surface area contributed by atoms with Crippen LogP contribution in [0.2, 0.25) is 0 Å². The predicted octanol–water partition coefficient (Wildman–Crippen LogP) is 2.18. The molecule has 2 heterocycles. The number of fused-ring (bicyclic) bond motifs is 2. The molecule has 29 heavy (non-hydrogen) atoms. The van der Waals surface area contributed by atoms with Crippen LogP contribution < -0.4 is 24.6 Å². The summed E-state index contributed by atoms with van der Waals surface area (Å²) in [5.74, 6) is 0.640. The molecule has 1 atom stereocenters. The van der Waals surface area contributed by atoms with Crippen LogP contribution in [0.25, 0.3) is 0 Å². The van der Waals surface area contributed by atoms with Crippen molar-refractivity contribution in [1.82, 2.24) is 0 Å². The number of likely N-dealkylation sites (N-methyl/N-ethyl adjacent to an activating group) is 1. The lowest BCUT2D eigenvalue weighted by Gasteiger charge is -2.32. The average molecular weight is 395 g/mol. The summed E-state index contributed by atoms with van der Waals surface area (Å²) in [5.41, 5.74) is 1.89. The number of para-hydroxylation sites is 2. The van der Waals surface area contributed by atoms with Crippen molar-refractivity contribution in [3.05, 3.63) is 42.5 Å². The van der Waals surface area contributed by atoms with Gasteiger partial charge in [-0.1, -0.05) is 12.1 Å². The van der Waals surface area contributed by atoms with Crippen molar-refractivity contribution < 1.29 is 23.9 Å². The van der Waals surface area contributed by atoms with Crippen LogP contribution in [0.5, 0.6) is 11.5 Å². The maximum absolute atomic E-state index is 12.5. The predicted molar refractivity (Wildman–Crippen MR) is 107 cm³/mol. The maximum Gasteiger partial charge on any atom is 0.267 e. The van der Waals surface area contributed by atoms with Gasteiger partial charge in [0.25, 0.3) is 11.8 Å². The minimum Gasteiger partial charge on any atom is -0.481 e. The van der Waals surface area contributed by atoms with E-state index >= 15 is 0 Å². The van der Waals surface area contributed by atoms with Gasteiger partial charge >= 0.3 is 0 Å². The summed E-state index contributed by atoms with van der Waals surface area (Å²) in [5, 5.41) is 2.82. The summed E-state index contributed by atoms with van der Waals surface area (Å²) in [6.07, 6.45) is -0.464. The van der Waals surface area contributed by atoms with Gasteiger partial charge in [-0.3, -0.25) is 14.4 Å². The minimum atomic E-state index is -0.592. The van der Waals surface area contributed by atoms with Gasteiger partial charge in [0, 0.05) is 31.8 Å². The van der Waals surface area contributed by atoms with Crippen LogP contribution in [0, 0.1) is 0 Å². The summed E-state index contributed by atoms with van der Waals surface area (Å²) in [7, 11) is 1.68. The number of nitrogens with one attached hydrogen (secondary N) is 1. The van der Waals surface area contributed by atoms with Crippen molar-refractivity contribution in [2.75, 3.05) is 35.3 Å². The number of benzene rings is 2. The first-order valence-corrected chi connectivity index (χ1v) is 9.34. The van der Waals surface area contributed by atoms with Gasteiger partial charge < -0.3 is 24.6 Å². The first-order chi connectivity index (χ1) is 13.9. The Bertz CT molecular complexity index is 990. The fourth-order valence-corrected chi connectivity index (χ4v) is 3.38. The summed E-state index contributed by atoms with van der Waals surface area (Å²) >= 11 is 0. The van der Waals surface area contributed by atoms with Crippen LogP contribution in [0.3, 0.4) is 0 Å². The molecular formula is C21H21N3O5. The number of hydrogen-bond donors (Lipinski definition) is 1. The summed E-state index contributed by atoms with van der Waals surface area (Å²) in [4.78, 5) is 39.7. The molecule has 0 saturated heterocycles. The van der Waals surface area contributed by atoms with Crippen LogP contribution in [0.4, 0.5) is 17.1 Å². The molecule has 0 radical (unpaired) electrons. The number of carbonyl (C=O) groups is 3. The average Bonchev–Trinajstić information content (AvgIpc) is 2.71. The molecule has 0 aliphatic carbocycles. The lowest BCUT2D eigenvalue weighted by atomic mass is 10.1. The highest BCUT2D eigenvalue weighted by atomic mass is 16.5. The molecule has 150 valence electrons. The van der Waals surface area contributed by atoms with Crippen molar-refractivity contribution in [1.29, 1.82) is 0 Å². The van der Waals surface area contributed by atoms with E-state index in [1.165, 1.54) is 4.90 Å². The van der Waals surface area contributed by atoms with E-state index in [9.17, 15) is 14.4 Å². The molecule has 0 saturated carbocycles. The van der Waals surface area contributed by atoms with E-state index < -0.39 is 6.10 Å². The van der Waals surface area contributed by atoms with Gasteiger partial charge in [0.05, 0.1) is 11.4 Å². The van der Waals surface area contributed by atoms with Crippen molar-refractivity contribution in [3.63, 3.8) is 0 Å². The second-order valence-corrected chi connectivity index (χ2v) is 6.94. The molecule has 2 aliphatic heterocycles. The van der Waals surface area contributed by atoms with Gasteiger partial charge in [-0.25, -0.2) is 0 Å². The van der Waals surface area contributed by atoms with Gasteiger partial charge in [-0.05, 0) is 31.2 Å². The number of amides is 3. The Hall–Kier alpha value is -3.55. The van der Waals surface area contributed by atoms with E-state index in [0.29, 0.717) is 28.6 Å². The molecule has 8 nitrogen and oxygen atoms in total. The molecule has 2 aromatic rings. The third-order valence-electron chi connectivity index (χ3n) is 4.97. The normalized spacial score (nSPS) is 17.8. The molecule has 1 N–H and O–H groups in total. The highest BCUT2D eigenvalue weighted by Gasteiger charge is 2.31. The van der Waals surface area contributed by atoms with Crippen LogP contribution in [-0.2, 0) is 14.4 Å². The lowest BCUT2D eigenvalue weighted by molar-refractivity contribution is -0.125. The molecule has 8 heteroatoms. The summed E-state index contributed by atoms with van der Waals surface area (Å²) in [6, 6.07) is 12.4. The molecule has 0 spiro atoms. The Labute approximate surface area is 168 Å². The van der Waals surface area contributed by atoms with E-state index in [1.54, 1.807) is 49.2 Å². The highest BCUT2D eigenvalue weighted by molar-refractivity contribution is 6.01. The van der Waals surface area contributed by atoms with Gasteiger partial charge in [0.15, 0.2) is 12.7 Å². The standard InChI is InChI=1S/C21H21N3O5/c1-13-21(27)24(16-5-3-4-6-17(16)29-13)10-9-19(25)22-14-7-8-15-18(11-14)28-12-20(26)23(15)2/h3-8,11,13H,9-10,12H2,1-2H3,(H,22,25). The largest absolute Gasteiger partial charge is 0.481 e. The Morgan fingerprint density at radius 2 is 1.93 bits per heavy atom. The number of anilines is 3. The van der Waals surface area contributed by atoms with Gasteiger partial charge in [-0.15, -0.1) is 0 Å². The first-order valence-electron chi connectivity index (χ1n) is 9.34. The van der Waals surface area contributed by atoms with Crippen LogP contribution in [-0.4, -0.2) is 44.0 Å². The summed E-state index contributed by atoms with van der Waals surface area (Å²) in [6.45, 7) is 1.91. The van der Waals surface area contributed by atoms with Crippen LogP contribution >= 0.6 is 0 Å². The number of carbonyl (C=O) groups excluding carboxylic acids is 3. The number of hydrogen-bond acceptors (Lipinski definition) is 5. The SMILES string of the molecule is CC1Oc2ccccc2N(CCC(=O)Nc2ccc3c(c2)OCC(=O)N3C)C1=O. The van der Waals surface area contributed by atoms with E-state index in [1.807, 2.05) is 12.1 Å². The fourth-order valence-electron chi connectivity index (χ4n) is 3.38. The number of nitrogens with zero attached hydrogens (tertiary/aromatic N) is 2. The molecule has 2 aromatic carbocycles. The second-order valence-electron chi connectivity index (χ2n) is 6.94. The topological polar surface area (TPSA) is 88.2 Å². The van der Waals surface area contributed by atoms with Gasteiger partial charge in [0.2, 0.25) is 5.91 Å². The van der Waals surface area contributed by atoms with Crippen LogP contribution in [0.1, 0.15) is 13.3 Å². The third kappa shape index (κ3) is 3.61. The van der Waals surface area contributed by atoms with Crippen molar-refractivity contribution in [2.24, 2.45) is 0 Å². The molecule has 4 rings (SSSR count). The fraction of sp³-hybridized carbons (Fsp3) is 0.286. The zero-order valence-corrected chi connectivity index (χ0v) is 16.2. The zero-order chi connectivity index (χ0) is 20.5. The zero-order valence-electron chi connectivity index (χ0n) is 16.2. The van der Waals surface area contributed by atoms with E-state index in [0.717, 1.165) is 0 Å². The second kappa shape index (κ2) is 7.46. The Kier molecular flexibility index (Phi) is 4.84.